The van der Waals surface area contributed by atoms with Crippen molar-refractivity contribution in [2.45, 2.75) is 52.4 Å². The van der Waals surface area contributed by atoms with E-state index in [0.29, 0.717) is 36.6 Å². The molecule has 2 amide bonds. The van der Waals surface area contributed by atoms with E-state index in [-0.39, 0.29) is 47.4 Å². The highest BCUT2D eigenvalue weighted by atomic mass is 35.5. The van der Waals surface area contributed by atoms with Crippen LogP contribution in [0.5, 0.6) is 5.88 Å². The summed E-state index contributed by atoms with van der Waals surface area (Å²) < 4.78 is 51.8. The molecule has 0 aliphatic carbocycles. The molecule has 5 rings (SSSR count). The number of aromatic nitrogens is 5. The van der Waals surface area contributed by atoms with Crippen molar-refractivity contribution < 1.29 is 32.2 Å². The number of amides is 2. The van der Waals surface area contributed by atoms with Gasteiger partial charge in [-0.15, -0.1) is 15.0 Å². The molecule has 17 heteroatoms. The first kappa shape index (κ1) is 34.5. The van der Waals surface area contributed by atoms with E-state index in [4.69, 9.17) is 21.1 Å². The van der Waals surface area contributed by atoms with E-state index in [0.717, 1.165) is 18.2 Å². The number of alkyl halides is 3. The lowest BCUT2D eigenvalue weighted by Gasteiger charge is -2.37. The number of pyridine rings is 2. The predicted octanol–water partition coefficient (Wildman–Crippen LogP) is 4.92. The highest BCUT2D eigenvalue weighted by molar-refractivity contribution is 6.33. The van der Waals surface area contributed by atoms with Gasteiger partial charge >= 0.3 is 12.3 Å². The van der Waals surface area contributed by atoms with Crippen molar-refractivity contribution in [1.29, 1.82) is 0 Å². The number of carbonyl (C=O) groups is 2. The number of anilines is 2. The molecule has 0 bridgehead atoms. The average molecular weight is 691 g/mol. The Morgan fingerprint density at radius 2 is 1.75 bits per heavy atom. The molecule has 1 saturated heterocycles. The Balaban J connectivity index is 1.55. The number of nitrogens with one attached hydrogen (secondary N) is 1. The highest BCUT2D eigenvalue weighted by Crippen LogP contribution is 2.34. The summed E-state index contributed by atoms with van der Waals surface area (Å²) in [7, 11) is 1.45. The highest BCUT2D eigenvalue weighted by Gasteiger charge is 2.32. The molecule has 0 spiro atoms. The topological polar surface area (TPSA) is 137 Å². The Morgan fingerprint density at radius 3 is 2.35 bits per heavy atom. The van der Waals surface area contributed by atoms with Gasteiger partial charge in [-0.2, -0.15) is 13.2 Å². The fourth-order valence-electron chi connectivity index (χ4n) is 5.30. The van der Waals surface area contributed by atoms with Gasteiger partial charge in [0.1, 0.15) is 17.8 Å². The molecule has 1 fully saturated rings. The molecule has 4 heterocycles. The van der Waals surface area contributed by atoms with Gasteiger partial charge in [-0.1, -0.05) is 18.5 Å². The maximum Gasteiger partial charge on any atom is 0.416 e. The minimum absolute atomic E-state index is 0.0176. The van der Waals surface area contributed by atoms with Gasteiger partial charge in [0.05, 0.1) is 29.1 Å². The van der Waals surface area contributed by atoms with Crippen molar-refractivity contribution in [3.63, 3.8) is 0 Å². The van der Waals surface area contributed by atoms with Crippen molar-refractivity contribution in [2.24, 2.45) is 0 Å². The van der Waals surface area contributed by atoms with E-state index in [2.05, 4.69) is 20.5 Å². The zero-order valence-corrected chi connectivity index (χ0v) is 27.6. The molecule has 0 radical (unpaired) electrons. The number of rotatable bonds is 7. The lowest BCUT2D eigenvalue weighted by atomic mass is 10.1. The van der Waals surface area contributed by atoms with Crippen molar-refractivity contribution in [2.75, 3.05) is 43.5 Å². The number of carbonyl (C=O) groups excluding carboxylic acids is 2. The minimum Gasteiger partial charge on any atom is -0.481 e. The van der Waals surface area contributed by atoms with Crippen LogP contribution in [0, 0.1) is 0 Å². The molecule has 1 aliphatic heterocycles. The molecule has 0 atom stereocenters. The first-order valence-corrected chi connectivity index (χ1v) is 15.4. The number of ether oxygens (including phenoxy) is 2. The van der Waals surface area contributed by atoms with Crippen molar-refractivity contribution >= 4 is 46.1 Å². The lowest BCUT2D eigenvalue weighted by Crippen LogP contribution is -2.51. The van der Waals surface area contributed by atoms with Gasteiger partial charge in [-0.25, -0.2) is 9.78 Å². The first-order chi connectivity index (χ1) is 22.6. The SMILES string of the molecule is CCc1c(N2CCN(C(=O)OC(C)(C)C)CC2)c(=O)c2nn(-c3ccnc(OC)c3)nc2n1CC(=O)Nc1ccc(C(F)(F)F)cc1Cl. The fourth-order valence-corrected chi connectivity index (χ4v) is 5.52. The van der Waals surface area contributed by atoms with Crippen LogP contribution < -0.4 is 20.4 Å². The maximum atomic E-state index is 14.1. The summed E-state index contributed by atoms with van der Waals surface area (Å²) in [5.74, 6) is -0.341. The molecule has 13 nitrogen and oxygen atoms in total. The third-order valence-electron chi connectivity index (χ3n) is 7.49. The van der Waals surface area contributed by atoms with E-state index < -0.39 is 34.8 Å². The van der Waals surface area contributed by atoms with Crippen molar-refractivity contribution in [3.05, 3.63) is 63.0 Å². The van der Waals surface area contributed by atoms with E-state index in [1.165, 1.54) is 18.1 Å². The number of hydrogen-bond donors (Lipinski definition) is 1. The molecule has 3 aromatic heterocycles. The van der Waals surface area contributed by atoms with E-state index >= 15 is 0 Å². The Hall–Kier alpha value is -4.86. The first-order valence-electron chi connectivity index (χ1n) is 15.0. The molecule has 1 N–H and O–H groups in total. The van der Waals surface area contributed by atoms with Gasteiger partial charge in [0.15, 0.2) is 11.2 Å². The summed E-state index contributed by atoms with van der Waals surface area (Å²) in [6.07, 6.45) is -3.27. The molecule has 0 saturated carbocycles. The summed E-state index contributed by atoms with van der Waals surface area (Å²) in [5, 5.41) is 11.3. The van der Waals surface area contributed by atoms with Gasteiger partial charge in [-0.05, 0) is 51.5 Å². The number of nitrogens with zero attached hydrogens (tertiary/aromatic N) is 7. The normalized spacial score (nSPS) is 13.9. The third kappa shape index (κ3) is 7.32. The Morgan fingerprint density at radius 1 is 1.04 bits per heavy atom. The zero-order valence-electron chi connectivity index (χ0n) is 26.9. The largest absolute Gasteiger partial charge is 0.481 e. The molecule has 1 aliphatic rings. The Kier molecular flexibility index (Phi) is 9.58. The molecule has 0 unspecified atom stereocenters. The standard InChI is InChI=1S/C31H34ClF3N8O5/c1-6-22-26(40-11-13-41(14-12-40)29(46)48-30(2,3)4)27(45)25-28(39-43(38-25)19-9-10-36-24(16-19)47-5)42(22)17-23(44)37-21-8-7-18(15-20(21)32)31(33,34)35/h7-10,15-16H,6,11-14,17H2,1-5H3,(H,37,44). The number of halogens is 4. The number of methoxy groups -OCH3 is 1. The maximum absolute atomic E-state index is 14.1. The van der Waals surface area contributed by atoms with Gasteiger partial charge in [0.25, 0.3) is 0 Å². The van der Waals surface area contributed by atoms with E-state index in [1.54, 1.807) is 42.4 Å². The van der Waals surface area contributed by atoms with Crippen LogP contribution in [0.15, 0.2) is 41.3 Å². The fraction of sp³-hybridized carbons (Fsp3) is 0.419. The number of fused-ring (bicyclic) bond motifs is 1. The number of benzene rings is 1. The summed E-state index contributed by atoms with van der Waals surface area (Å²) in [4.78, 5) is 49.0. The third-order valence-corrected chi connectivity index (χ3v) is 7.81. The second-order valence-electron chi connectivity index (χ2n) is 12.0. The summed E-state index contributed by atoms with van der Waals surface area (Å²) >= 11 is 6.10. The minimum atomic E-state index is -4.61. The van der Waals surface area contributed by atoms with Crippen LogP contribution in [0.2, 0.25) is 5.02 Å². The van der Waals surface area contributed by atoms with Gasteiger partial charge in [0.2, 0.25) is 17.2 Å². The Labute approximate surface area is 278 Å². The van der Waals surface area contributed by atoms with Gasteiger partial charge in [0, 0.05) is 44.1 Å². The predicted molar refractivity (Wildman–Crippen MR) is 172 cm³/mol. The molecule has 256 valence electrons. The lowest BCUT2D eigenvalue weighted by molar-refractivity contribution is -0.137. The average Bonchev–Trinajstić information content (AvgIpc) is 3.48. The van der Waals surface area contributed by atoms with E-state index in [1.807, 2.05) is 11.8 Å². The van der Waals surface area contributed by atoms with Crippen LogP contribution in [0.1, 0.15) is 39.0 Å². The number of hydrogen-bond acceptors (Lipinski definition) is 9. The second kappa shape index (κ2) is 13.3. The van der Waals surface area contributed by atoms with E-state index in [9.17, 15) is 27.6 Å². The number of piperazine rings is 1. The van der Waals surface area contributed by atoms with Crippen LogP contribution in [0.25, 0.3) is 16.9 Å². The van der Waals surface area contributed by atoms with Gasteiger partial charge < -0.3 is 29.2 Å². The van der Waals surface area contributed by atoms with Crippen LogP contribution in [-0.4, -0.2) is 80.3 Å². The van der Waals surface area contributed by atoms with Gasteiger partial charge in [-0.3, -0.25) is 9.59 Å². The molecule has 1 aromatic carbocycles. The van der Waals surface area contributed by atoms with Crippen LogP contribution in [0.4, 0.5) is 29.3 Å². The second-order valence-corrected chi connectivity index (χ2v) is 12.4. The smallest absolute Gasteiger partial charge is 0.416 e. The zero-order chi connectivity index (χ0) is 35.0. The quantitative estimate of drug-likeness (QED) is 0.287. The Bertz CT molecular complexity index is 1910. The summed E-state index contributed by atoms with van der Waals surface area (Å²) in [6.45, 7) is 7.96. The van der Waals surface area contributed by atoms with Crippen molar-refractivity contribution in [3.8, 4) is 11.6 Å². The van der Waals surface area contributed by atoms with Crippen molar-refractivity contribution in [1.82, 2.24) is 29.4 Å². The molecule has 4 aromatic rings. The molecular weight excluding hydrogens is 657 g/mol. The van der Waals surface area contributed by atoms with Crippen LogP contribution in [0.3, 0.4) is 0 Å². The summed E-state index contributed by atoms with van der Waals surface area (Å²) in [5.41, 5.74) is -0.751. The van der Waals surface area contributed by atoms with Crippen LogP contribution >= 0.6 is 11.6 Å². The molecule has 48 heavy (non-hydrogen) atoms. The van der Waals surface area contributed by atoms with Crippen LogP contribution in [-0.2, 0) is 28.7 Å². The summed E-state index contributed by atoms with van der Waals surface area (Å²) in [6, 6.07) is 5.82. The molecular formula is C31H34ClF3N8O5. The monoisotopic (exact) mass is 690 g/mol.